The lowest BCUT2D eigenvalue weighted by Gasteiger charge is -2.08. The average molecular weight is 208 g/mol. The van der Waals surface area contributed by atoms with Gasteiger partial charge in [0.1, 0.15) is 5.75 Å². The van der Waals surface area contributed by atoms with E-state index in [1.165, 1.54) is 0 Å². The van der Waals surface area contributed by atoms with E-state index in [-0.39, 0.29) is 18.3 Å². The zero-order chi connectivity index (χ0) is 11.4. The number of benzene rings is 1. The van der Waals surface area contributed by atoms with Crippen LogP contribution in [0.1, 0.15) is 29.8 Å². The SMILES string of the molecule is COc1cc(CO)cc(C(=O)C(C)C)c1. The third-order valence-corrected chi connectivity index (χ3v) is 2.19. The van der Waals surface area contributed by atoms with Gasteiger partial charge in [-0.05, 0) is 23.8 Å². The van der Waals surface area contributed by atoms with Gasteiger partial charge in [0.15, 0.2) is 5.78 Å². The Kier molecular flexibility index (Phi) is 3.86. The van der Waals surface area contributed by atoms with Gasteiger partial charge in [0, 0.05) is 11.5 Å². The molecule has 1 N–H and O–H groups in total. The number of methoxy groups -OCH3 is 1. The van der Waals surface area contributed by atoms with Gasteiger partial charge in [-0.1, -0.05) is 13.8 Å². The molecule has 0 aliphatic carbocycles. The summed E-state index contributed by atoms with van der Waals surface area (Å²) < 4.78 is 5.06. The Morgan fingerprint density at radius 2 is 2.07 bits per heavy atom. The van der Waals surface area contributed by atoms with Crippen LogP contribution in [0.3, 0.4) is 0 Å². The number of rotatable bonds is 4. The maximum absolute atomic E-state index is 11.7. The average Bonchev–Trinajstić information content (AvgIpc) is 2.27. The van der Waals surface area contributed by atoms with Gasteiger partial charge in [-0.15, -0.1) is 0 Å². The summed E-state index contributed by atoms with van der Waals surface area (Å²) in [6, 6.07) is 5.11. The first-order chi connectivity index (χ1) is 7.08. The Hall–Kier alpha value is -1.35. The van der Waals surface area contributed by atoms with Crippen LogP contribution in [0.5, 0.6) is 5.75 Å². The Morgan fingerprint density at radius 1 is 1.40 bits per heavy atom. The van der Waals surface area contributed by atoms with Crippen LogP contribution < -0.4 is 4.74 Å². The van der Waals surface area contributed by atoms with Gasteiger partial charge in [0.2, 0.25) is 0 Å². The molecule has 0 spiro atoms. The van der Waals surface area contributed by atoms with Crippen LogP contribution in [0.15, 0.2) is 18.2 Å². The smallest absolute Gasteiger partial charge is 0.165 e. The molecule has 0 unspecified atom stereocenters. The molecule has 1 rings (SSSR count). The van der Waals surface area contributed by atoms with E-state index in [0.717, 1.165) is 0 Å². The van der Waals surface area contributed by atoms with Crippen molar-refractivity contribution in [3.05, 3.63) is 29.3 Å². The van der Waals surface area contributed by atoms with E-state index in [4.69, 9.17) is 9.84 Å². The third kappa shape index (κ3) is 2.80. The van der Waals surface area contributed by atoms with Gasteiger partial charge >= 0.3 is 0 Å². The van der Waals surface area contributed by atoms with E-state index in [9.17, 15) is 4.79 Å². The molecule has 0 heterocycles. The highest BCUT2D eigenvalue weighted by atomic mass is 16.5. The van der Waals surface area contributed by atoms with Crippen molar-refractivity contribution in [2.45, 2.75) is 20.5 Å². The number of aliphatic hydroxyl groups is 1. The topological polar surface area (TPSA) is 46.5 Å². The summed E-state index contributed by atoms with van der Waals surface area (Å²) in [7, 11) is 1.54. The number of carbonyl (C=O) groups excluding carboxylic acids is 1. The molecule has 0 bridgehead atoms. The number of ketones is 1. The van der Waals surface area contributed by atoms with E-state index in [1.54, 1.807) is 25.3 Å². The summed E-state index contributed by atoms with van der Waals surface area (Å²) in [6.07, 6.45) is 0. The Labute approximate surface area is 89.7 Å². The molecule has 0 amide bonds. The third-order valence-electron chi connectivity index (χ3n) is 2.19. The Bertz CT molecular complexity index is 334. The molecule has 0 fully saturated rings. The van der Waals surface area contributed by atoms with Crippen molar-refractivity contribution in [3.63, 3.8) is 0 Å². The van der Waals surface area contributed by atoms with Crippen LogP contribution >= 0.6 is 0 Å². The second-order valence-electron chi connectivity index (χ2n) is 3.75. The molecule has 82 valence electrons. The summed E-state index contributed by atoms with van der Waals surface area (Å²) in [5.74, 6) is 0.609. The lowest BCUT2D eigenvalue weighted by Crippen LogP contribution is -2.08. The number of carbonyl (C=O) groups is 1. The fraction of sp³-hybridized carbons (Fsp3) is 0.417. The minimum atomic E-state index is -0.0877. The predicted molar refractivity (Wildman–Crippen MR) is 58.1 cm³/mol. The van der Waals surface area contributed by atoms with Crippen LogP contribution in [-0.4, -0.2) is 18.0 Å². The number of aliphatic hydroxyl groups excluding tert-OH is 1. The zero-order valence-corrected chi connectivity index (χ0v) is 9.28. The molecular weight excluding hydrogens is 192 g/mol. The van der Waals surface area contributed by atoms with Gasteiger partial charge in [-0.3, -0.25) is 4.79 Å². The Morgan fingerprint density at radius 3 is 2.53 bits per heavy atom. The minimum absolute atomic E-state index is 0.0522. The number of hydrogen-bond acceptors (Lipinski definition) is 3. The second kappa shape index (κ2) is 4.94. The fourth-order valence-corrected chi connectivity index (χ4v) is 1.35. The van der Waals surface area contributed by atoms with Crippen LogP contribution in [0, 0.1) is 5.92 Å². The van der Waals surface area contributed by atoms with Gasteiger partial charge < -0.3 is 9.84 Å². The normalized spacial score (nSPS) is 10.5. The molecule has 0 saturated heterocycles. The molecule has 0 aliphatic rings. The summed E-state index contributed by atoms with van der Waals surface area (Å²) in [6.45, 7) is 3.61. The van der Waals surface area contributed by atoms with Crippen molar-refractivity contribution in [1.29, 1.82) is 0 Å². The highest BCUT2D eigenvalue weighted by molar-refractivity contribution is 5.97. The zero-order valence-electron chi connectivity index (χ0n) is 9.28. The number of ether oxygens (including phenoxy) is 1. The van der Waals surface area contributed by atoms with Crippen molar-refractivity contribution in [2.75, 3.05) is 7.11 Å². The van der Waals surface area contributed by atoms with Crippen LogP contribution in [-0.2, 0) is 6.61 Å². The first-order valence-electron chi connectivity index (χ1n) is 4.91. The van der Waals surface area contributed by atoms with Gasteiger partial charge in [0.05, 0.1) is 13.7 Å². The highest BCUT2D eigenvalue weighted by Crippen LogP contribution is 2.19. The molecule has 0 radical (unpaired) electrons. The molecule has 3 heteroatoms. The molecule has 0 atom stereocenters. The van der Waals surface area contributed by atoms with Gasteiger partial charge in [-0.25, -0.2) is 0 Å². The monoisotopic (exact) mass is 208 g/mol. The number of hydrogen-bond donors (Lipinski definition) is 1. The lowest BCUT2D eigenvalue weighted by molar-refractivity contribution is 0.0939. The standard InChI is InChI=1S/C12H16O3/c1-8(2)12(14)10-4-9(7-13)5-11(6-10)15-3/h4-6,8,13H,7H2,1-3H3. The maximum atomic E-state index is 11.7. The summed E-state index contributed by atoms with van der Waals surface area (Å²) in [5.41, 5.74) is 1.28. The van der Waals surface area contributed by atoms with Crippen LogP contribution in [0.25, 0.3) is 0 Å². The van der Waals surface area contributed by atoms with E-state index in [2.05, 4.69) is 0 Å². The second-order valence-corrected chi connectivity index (χ2v) is 3.75. The molecule has 0 aromatic heterocycles. The quantitative estimate of drug-likeness (QED) is 0.770. The summed E-state index contributed by atoms with van der Waals surface area (Å²) in [5, 5.41) is 9.04. The Balaban J connectivity index is 3.12. The highest BCUT2D eigenvalue weighted by Gasteiger charge is 2.12. The molecular formula is C12H16O3. The van der Waals surface area contributed by atoms with E-state index < -0.39 is 0 Å². The molecule has 3 nitrogen and oxygen atoms in total. The van der Waals surface area contributed by atoms with Crippen LogP contribution in [0.2, 0.25) is 0 Å². The number of Topliss-reactive ketones (excluding diaryl/α,β-unsaturated/α-hetero) is 1. The lowest BCUT2D eigenvalue weighted by atomic mass is 9.99. The van der Waals surface area contributed by atoms with Crippen molar-refractivity contribution >= 4 is 5.78 Å². The van der Waals surface area contributed by atoms with Crippen molar-refractivity contribution in [2.24, 2.45) is 5.92 Å². The van der Waals surface area contributed by atoms with Crippen molar-refractivity contribution in [3.8, 4) is 5.75 Å². The first-order valence-corrected chi connectivity index (χ1v) is 4.91. The molecule has 0 aliphatic heterocycles. The maximum Gasteiger partial charge on any atom is 0.165 e. The largest absolute Gasteiger partial charge is 0.497 e. The summed E-state index contributed by atoms with van der Waals surface area (Å²) in [4.78, 5) is 11.7. The first kappa shape index (κ1) is 11.7. The molecule has 0 saturated carbocycles. The summed E-state index contributed by atoms with van der Waals surface area (Å²) >= 11 is 0. The fourth-order valence-electron chi connectivity index (χ4n) is 1.35. The van der Waals surface area contributed by atoms with E-state index in [1.807, 2.05) is 13.8 Å². The molecule has 1 aromatic carbocycles. The van der Waals surface area contributed by atoms with Gasteiger partial charge in [0.25, 0.3) is 0 Å². The minimum Gasteiger partial charge on any atom is -0.497 e. The van der Waals surface area contributed by atoms with Crippen molar-refractivity contribution < 1.29 is 14.6 Å². The molecule has 15 heavy (non-hydrogen) atoms. The van der Waals surface area contributed by atoms with Gasteiger partial charge in [-0.2, -0.15) is 0 Å². The van der Waals surface area contributed by atoms with Crippen molar-refractivity contribution in [1.82, 2.24) is 0 Å². The predicted octanol–water partition coefficient (Wildman–Crippen LogP) is 2.03. The van der Waals surface area contributed by atoms with E-state index >= 15 is 0 Å². The van der Waals surface area contributed by atoms with E-state index in [0.29, 0.717) is 16.9 Å². The molecule has 1 aromatic rings. The van der Waals surface area contributed by atoms with Crippen LogP contribution in [0.4, 0.5) is 0 Å².